The molecule has 13 N–H and O–H groups in total. The summed E-state index contributed by atoms with van der Waals surface area (Å²) in [6, 6.07) is 45.8. The lowest BCUT2D eigenvalue weighted by Crippen LogP contribution is -2.35. The number of anilines is 1. The number of aryl methyl sites for hydroxylation is 1. The molecule has 2 heterocycles. The van der Waals surface area contributed by atoms with E-state index in [9.17, 15) is 61.8 Å². The Morgan fingerprint density at radius 3 is 1.25 bits per heavy atom. The maximum absolute atomic E-state index is 14.2. The molecule has 106 heavy (non-hydrogen) atoms. The molecule has 2 amide bonds. The summed E-state index contributed by atoms with van der Waals surface area (Å²) in [6.45, 7) is 1.52. The Morgan fingerprint density at radius 1 is 0.491 bits per heavy atom. The Morgan fingerprint density at radius 2 is 0.858 bits per heavy atom. The number of ether oxygens (including phenoxy) is 2. The number of fused-ring (bicyclic) bond motifs is 2. The van der Waals surface area contributed by atoms with Crippen LogP contribution < -0.4 is 55.6 Å². The number of methoxy groups -OCH3 is 2. The molecule has 11 aromatic rings. The van der Waals surface area contributed by atoms with Gasteiger partial charge in [-0.25, -0.2) is 37.1 Å². The summed E-state index contributed by atoms with van der Waals surface area (Å²) in [4.78, 5) is 127. The maximum atomic E-state index is 14.2. The molecule has 0 saturated heterocycles. The van der Waals surface area contributed by atoms with Gasteiger partial charge in [-0.15, -0.1) is 0 Å². The van der Waals surface area contributed by atoms with E-state index in [0.717, 1.165) is 26.8 Å². The zero-order valence-electron chi connectivity index (χ0n) is 55.9. The number of nitrogens with one attached hydrogen (secondary N) is 5. The number of aromatic amines is 2. The van der Waals surface area contributed by atoms with Crippen molar-refractivity contribution in [3.63, 3.8) is 0 Å². The molecule has 5 atom stereocenters. The Balaban J connectivity index is 0.000000204. The zero-order valence-corrected chi connectivity index (χ0v) is 59.7. The van der Waals surface area contributed by atoms with Crippen molar-refractivity contribution in [1.29, 1.82) is 5.26 Å². The van der Waals surface area contributed by atoms with Crippen molar-refractivity contribution in [3.8, 4) is 17.4 Å². The molecular formula is C74H62Cl5F2N11O14. The number of carbonyl (C=O) groups excluding carboxylic acids is 4. The second kappa shape index (κ2) is 37.6. The summed E-state index contributed by atoms with van der Waals surface area (Å²) in [5, 5.41) is 36.5. The van der Waals surface area contributed by atoms with Crippen LogP contribution in [0.5, 0.6) is 0 Å². The van der Waals surface area contributed by atoms with E-state index >= 15 is 0 Å². The highest BCUT2D eigenvalue weighted by molar-refractivity contribution is 6.32. The Bertz CT molecular complexity index is 5410. The molecule has 0 aliphatic heterocycles. The third-order valence-electron chi connectivity index (χ3n) is 15.3. The summed E-state index contributed by atoms with van der Waals surface area (Å²) in [6.07, 6.45) is 0. The number of rotatable bonds is 16. The first kappa shape index (κ1) is 81.5. The maximum Gasteiger partial charge on any atom is 0.333 e. The molecule has 9 aromatic carbocycles. The Labute approximate surface area is 625 Å². The number of aromatic nitrogens is 4. The number of halogens is 7. The lowest BCUT2D eigenvalue weighted by Gasteiger charge is -2.17. The van der Waals surface area contributed by atoms with Crippen molar-refractivity contribution in [2.24, 2.45) is 17.2 Å². The number of hydrogen-bond acceptors (Lipinski definition) is 17. The third kappa shape index (κ3) is 21.2. The number of hydrogen-bond donors (Lipinski definition) is 10. The molecule has 0 fully saturated rings. The molecule has 0 aliphatic carbocycles. The van der Waals surface area contributed by atoms with Crippen LogP contribution in [0.1, 0.15) is 84.3 Å². The van der Waals surface area contributed by atoms with Crippen LogP contribution in [0.4, 0.5) is 14.5 Å². The van der Waals surface area contributed by atoms with Gasteiger partial charge in [0.05, 0.1) is 59.2 Å². The number of nitrogens with two attached hydrogens (primary N) is 3. The highest BCUT2D eigenvalue weighted by atomic mass is 35.5. The summed E-state index contributed by atoms with van der Waals surface area (Å²) < 4.78 is 39.2. The summed E-state index contributed by atoms with van der Waals surface area (Å²) in [5.74, 6) is -6.00. The van der Waals surface area contributed by atoms with E-state index in [1.165, 1.54) is 107 Å². The van der Waals surface area contributed by atoms with Gasteiger partial charge in [0.15, 0.2) is 12.1 Å². The highest BCUT2D eigenvalue weighted by Gasteiger charge is 2.27. The molecule has 0 radical (unpaired) electrons. The summed E-state index contributed by atoms with van der Waals surface area (Å²) >= 11 is 29.0. The van der Waals surface area contributed by atoms with Gasteiger partial charge in [-0.1, -0.05) is 119 Å². The number of carboxylic acids is 2. The standard InChI is InChI=1S/C25H20ClFN4O5.C24H17ClFN3O5.C9H10ClNO2.C8H7ClN2.C8H8ClNO2/c1-28-20-12-19-17(11-18(20)27)23(33)31(25(35)29-19)16-8-6-13(7-9-16)22(32)30-21(24(34)36-2)14-4-3-5-15(26)10-14;1-12-9-19-17(11-18(12)26)22(31)29(24(34)27-19)16-7-5-13(6-8-16)21(30)28-20(23(32)33)14-3-2-4-15(25)10-14;1-13-9(12)8(11)6-3-2-4-7(10)5-6;9-7-3-1-2-6(4-7)8(11)5-10;9-6-3-1-2-5(4-6)7(10)8(11)12/h3-12,21,28H,1-2H3,(H,29,35)(H,30,32);2-11,20H,1H3,(H,27,34)(H,28,30)(H,32,33);2-5,8H,11H2,1H3;1-4,8H,11H2;1-4,7H,10H2,(H,11,12). The van der Waals surface area contributed by atoms with Crippen LogP contribution in [0, 0.1) is 29.9 Å². The van der Waals surface area contributed by atoms with Crippen molar-refractivity contribution in [1.82, 2.24) is 29.7 Å². The number of H-pyrrole nitrogens is 2. The first-order chi connectivity index (χ1) is 50.4. The van der Waals surface area contributed by atoms with Crippen molar-refractivity contribution in [2.75, 3.05) is 26.6 Å². The van der Waals surface area contributed by atoms with E-state index in [-0.39, 0.29) is 55.6 Å². The highest BCUT2D eigenvalue weighted by Crippen LogP contribution is 2.25. The predicted molar refractivity (Wildman–Crippen MR) is 398 cm³/mol. The average Bonchev–Trinajstić information content (AvgIpc) is 0.772. The van der Waals surface area contributed by atoms with Gasteiger partial charge < -0.3 is 62.8 Å². The van der Waals surface area contributed by atoms with Gasteiger partial charge in [0, 0.05) is 43.3 Å². The lowest BCUT2D eigenvalue weighted by atomic mass is 10.1. The minimum absolute atomic E-state index is 0.00431. The molecule has 5 unspecified atom stereocenters. The lowest BCUT2D eigenvalue weighted by molar-refractivity contribution is -0.143. The van der Waals surface area contributed by atoms with Gasteiger partial charge in [0.1, 0.15) is 29.8 Å². The fourth-order valence-corrected chi connectivity index (χ4v) is 10.8. The SMILES string of the molecule is CNc1cc2[nH]c(=O)n(-c3ccc(C(=O)NC(C(=O)OC)c4cccc(Cl)c4)cc3)c(=O)c2cc1F.COC(=O)C(N)c1cccc(Cl)c1.Cc1cc2[nH]c(=O)n(-c3ccc(C(=O)NC(C(=O)O)c4cccc(Cl)c4)cc3)c(=O)c2cc1F.N#CC(N)c1cccc(Cl)c1.NC(C(=O)O)c1cccc(Cl)c1. The second-order valence-corrected chi connectivity index (χ2v) is 24.6. The smallest absolute Gasteiger partial charge is 0.333 e. The second-order valence-electron chi connectivity index (χ2n) is 22.4. The van der Waals surface area contributed by atoms with Crippen molar-refractivity contribution in [2.45, 2.75) is 37.1 Å². The number of amides is 2. The van der Waals surface area contributed by atoms with Gasteiger partial charge in [0.25, 0.3) is 22.9 Å². The van der Waals surface area contributed by atoms with Gasteiger partial charge in [-0.2, -0.15) is 5.26 Å². The summed E-state index contributed by atoms with van der Waals surface area (Å²) in [7, 11) is 4.02. The normalized spacial score (nSPS) is 11.9. The number of carboxylic acid groups (broad SMARTS) is 2. The zero-order chi connectivity index (χ0) is 77.8. The van der Waals surface area contributed by atoms with Gasteiger partial charge in [-0.3, -0.25) is 28.8 Å². The number of nitriles is 1. The molecule has 0 aliphatic rings. The van der Waals surface area contributed by atoms with Gasteiger partial charge in [0.2, 0.25) is 0 Å². The number of carbonyl (C=O) groups is 6. The number of aliphatic carboxylic acids is 2. The van der Waals surface area contributed by atoms with Gasteiger partial charge in [-0.05, 0) is 174 Å². The topological polar surface area (TPSA) is 409 Å². The van der Waals surface area contributed by atoms with E-state index in [4.69, 9.17) is 90.3 Å². The van der Waals surface area contributed by atoms with Crippen LogP contribution in [-0.2, 0) is 28.7 Å². The van der Waals surface area contributed by atoms with E-state index in [2.05, 4.69) is 30.7 Å². The summed E-state index contributed by atoms with van der Waals surface area (Å²) in [5.41, 5.74) is 17.5. The molecule has 25 nitrogen and oxygen atoms in total. The monoisotopic (exact) mass is 1540 g/mol. The first-order valence-electron chi connectivity index (χ1n) is 30.9. The Hall–Kier alpha value is -11.8. The average molecular weight is 1540 g/mol. The molecule has 32 heteroatoms. The van der Waals surface area contributed by atoms with Crippen LogP contribution in [-0.4, -0.2) is 86.3 Å². The van der Waals surface area contributed by atoms with Crippen LogP contribution in [0.25, 0.3) is 33.2 Å². The Kier molecular flexibility index (Phi) is 28.9. The third-order valence-corrected chi connectivity index (χ3v) is 16.5. The molecule has 0 saturated carbocycles. The van der Waals surface area contributed by atoms with Crippen LogP contribution >= 0.6 is 58.0 Å². The van der Waals surface area contributed by atoms with E-state index < -0.39 is 100 Å². The van der Waals surface area contributed by atoms with Crippen LogP contribution in [0.3, 0.4) is 0 Å². The predicted octanol–water partition coefficient (Wildman–Crippen LogP) is 11.3. The molecule has 0 spiro atoms. The number of esters is 2. The van der Waals surface area contributed by atoms with E-state index in [0.29, 0.717) is 47.4 Å². The fourth-order valence-electron chi connectivity index (χ4n) is 9.83. The largest absolute Gasteiger partial charge is 0.480 e. The number of benzene rings is 9. The minimum Gasteiger partial charge on any atom is -0.480 e. The molecule has 0 bridgehead atoms. The fraction of sp³-hybridized carbons (Fsp3) is 0.122. The number of nitrogens with zero attached hydrogens (tertiary/aromatic N) is 3. The molecule has 2 aromatic heterocycles. The molecular weight excluding hydrogens is 1480 g/mol. The quantitative estimate of drug-likeness (QED) is 0.0402. The van der Waals surface area contributed by atoms with Crippen molar-refractivity contribution < 1.29 is 57.2 Å². The minimum atomic E-state index is -1.34. The molecule has 546 valence electrons. The van der Waals surface area contributed by atoms with E-state index in [1.807, 2.05) is 6.07 Å². The van der Waals surface area contributed by atoms with E-state index in [1.54, 1.807) is 103 Å². The van der Waals surface area contributed by atoms with Crippen LogP contribution in [0.2, 0.25) is 25.1 Å². The van der Waals surface area contributed by atoms with Crippen LogP contribution in [0.15, 0.2) is 213 Å². The van der Waals surface area contributed by atoms with Gasteiger partial charge >= 0.3 is 35.3 Å². The van der Waals surface area contributed by atoms with Crippen molar-refractivity contribution >= 4 is 121 Å². The first-order valence-corrected chi connectivity index (χ1v) is 32.8. The molecule has 11 rings (SSSR count). The van der Waals surface area contributed by atoms with Crippen molar-refractivity contribution in [3.05, 3.63) is 317 Å².